The van der Waals surface area contributed by atoms with E-state index in [2.05, 4.69) is 41.0 Å². The largest absolute Gasteiger partial charge is 0.0625 e. The zero-order valence-electron chi connectivity index (χ0n) is 15.8. The van der Waals surface area contributed by atoms with Gasteiger partial charge in [0.1, 0.15) is 0 Å². The SMILES string of the molecule is C[C]C[C@@]1(C)CCC[C@@]2(C)C1CCC1CC(C(C)C)CC[C@H]12. The lowest BCUT2D eigenvalue weighted by Gasteiger charge is -2.62. The maximum Gasteiger partial charge on any atom is -0.0202 e. The first-order valence-corrected chi connectivity index (χ1v) is 10.1. The van der Waals surface area contributed by atoms with Crippen LogP contribution in [-0.2, 0) is 0 Å². The average Bonchev–Trinajstić information content (AvgIpc) is 2.46. The Kier molecular flexibility index (Phi) is 4.70. The lowest BCUT2D eigenvalue weighted by molar-refractivity contribution is -0.122. The van der Waals surface area contributed by atoms with Crippen molar-refractivity contribution >= 4 is 0 Å². The molecule has 126 valence electrons. The quantitative estimate of drug-likeness (QED) is 0.539. The lowest BCUT2D eigenvalue weighted by Crippen LogP contribution is -2.53. The van der Waals surface area contributed by atoms with E-state index in [0.29, 0.717) is 10.8 Å². The highest BCUT2D eigenvalue weighted by molar-refractivity contribution is 5.06. The Morgan fingerprint density at radius 3 is 2.50 bits per heavy atom. The minimum Gasteiger partial charge on any atom is -0.0625 e. The van der Waals surface area contributed by atoms with Crippen molar-refractivity contribution in [3.63, 3.8) is 0 Å². The smallest absolute Gasteiger partial charge is 0.0202 e. The molecule has 0 aromatic carbocycles. The zero-order chi connectivity index (χ0) is 16.0. The van der Waals surface area contributed by atoms with Gasteiger partial charge in [0.2, 0.25) is 0 Å². The molecule has 6 atom stereocenters. The Morgan fingerprint density at radius 1 is 1.05 bits per heavy atom. The van der Waals surface area contributed by atoms with Crippen LogP contribution in [0, 0.1) is 46.8 Å². The van der Waals surface area contributed by atoms with E-state index in [9.17, 15) is 0 Å². The summed E-state index contributed by atoms with van der Waals surface area (Å²) in [4.78, 5) is 0. The molecule has 3 aliphatic rings. The third kappa shape index (κ3) is 2.67. The van der Waals surface area contributed by atoms with Crippen LogP contribution in [0.25, 0.3) is 0 Å². The monoisotopic (exact) mass is 302 g/mol. The molecule has 3 saturated carbocycles. The molecule has 0 saturated heterocycles. The predicted molar refractivity (Wildman–Crippen MR) is 95.5 cm³/mol. The van der Waals surface area contributed by atoms with Gasteiger partial charge in [0, 0.05) is 0 Å². The number of hydrogen-bond acceptors (Lipinski definition) is 0. The average molecular weight is 303 g/mol. The van der Waals surface area contributed by atoms with Crippen LogP contribution in [0.5, 0.6) is 0 Å². The molecule has 0 nitrogen and oxygen atoms in total. The van der Waals surface area contributed by atoms with Crippen LogP contribution < -0.4 is 0 Å². The van der Waals surface area contributed by atoms with E-state index in [1.165, 1.54) is 57.8 Å². The van der Waals surface area contributed by atoms with Crippen LogP contribution in [-0.4, -0.2) is 0 Å². The summed E-state index contributed by atoms with van der Waals surface area (Å²) in [6.45, 7) is 12.3. The van der Waals surface area contributed by atoms with Crippen molar-refractivity contribution in [1.29, 1.82) is 0 Å². The highest BCUT2D eigenvalue weighted by atomic mass is 14.6. The highest BCUT2D eigenvalue weighted by Crippen LogP contribution is 2.65. The van der Waals surface area contributed by atoms with E-state index in [4.69, 9.17) is 0 Å². The van der Waals surface area contributed by atoms with Crippen molar-refractivity contribution < 1.29 is 0 Å². The van der Waals surface area contributed by atoms with Gasteiger partial charge in [-0.3, -0.25) is 0 Å². The van der Waals surface area contributed by atoms with Crippen LogP contribution in [0.2, 0.25) is 0 Å². The van der Waals surface area contributed by atoms with E-state index in [1.807, 2.05) is 0 Å². The second-order valence-electron chi connectivity index (χ2n) is 9.86. The van der Waals surface area contributed by atoms with Crippen LogP contribution in [0.3, 0.4) is 0 Å². The molecule has 0 amide bonds. The molecule has 22 heavy (non-hydrogen) atoms. The molecule has 0 aromatic rings. The molecule has 0 heteroatoms. The minimum atomic E-state index is 0.543. The summed E-state index contributed by atoms with van der Waals surface area (Å²) >= 11 is 0. The molecule has 0 N–H and O–H groups in total. The number of rotatable bonds is 3. The predicted octanol–water partition coefficient (Wildman–Crippen LogP) is 6.77. The summed E-state index contributed by atoms with van der Waals surface area (Å²) in [5.41, 5.74) is 1.18. The van der Waals surface area contributed by atoms with Gasteiger partial charge in [0.05, 0.1) is 0 Å². The lowest BCUT2D eigenvalue weighted by atomic mass is 9.43. The molecule has 0 spiro atoms. The summed E-state index contributed by atoms with van der Waals surface area (Å²) in [7, 11) is 0. The zero-order valence-corrected chi connectivity index (χ0v) is 15.8. The van der Waals surface area contributed by atoms with Gasteiger partial charge in [-0.25, -0.2) is 0 Å². The Hall–Kier alpha value is 0. The van der Waals surface area contributed by atoms with Crippen molar-refractivity contribution in [1.82, 2.24) is 0 Å². The third-order valence-electron chi connectivity index (χ3n) is 8.32. The molecule has 3 aliphatic carbocycles. The molecular formula is C22H38. The van der Waals surface area contributed by atoms with Gasteiger partial charge in [-0.15, -0.1) is 0 Å². The molecule has 0 bridgehead atoms. The van der Waals surface area contributed by atoms with Gasteiger partial charge in [-0.1, -0.05) is 41.0 Å². The molecule has 2 radical (unpaired) electrons. The van der Waals surface area contributed by atoms with E-state index < -0.39 is 0 Å². The fourth-order valence-corrected chi connectivity index (χ4v) is 7.23. The summed E-state index contributed by atoms with van der Waals surface area (Å²) < 4.78 is 0. The van der Waals surface area contributed by atoms with Gasteiger partial charge in [0.15, 0.2) is 0 Å². The van der Waals surface area contributed by atoms with Crippen LogP contribution >= 0.6 is 0 Å². The van der Waals surface area contributed by atoms with Gasteiger partial charge in [0.25, 0.3) is 0 Å². The molecule has 0 heterocycles. The van der Waals surface area contributed by atoms with Crippen LogP contribution in [0.15, 0.2) is 0 Å². The van der Waals surface area contributed by atoms with Crippen molar-refractivity contribution in [2.75, 3.05) is 0 Å². The van der Waals surface area contributed by atoms with Gasteiger partial charge in [-0.05, 0) is 98.2 Å². The summed E-state index contributed by atoms with van der Waals surface area (Å²) in [6.07, 6.45) is 16.7. The fourth-order valence-electron chi connectivity index (χ4n) is 7.23. The molecule has 3 rings (SSSR count). The normalized spacial score (nSPS) is 48.8. The van der Waals surface area contributed by atoms with Gasteiger partial charge < -0.3 is 0 Å². The fraction of sp³-hybridized carbons (Fsp3) is 0.955. The van der Waals surface area contributed by atoms with Crippen LogP contribution in [0.1, 0.15) is 92.4 Å². The molecule has 0 aromatic heterocycles. The first-order valence-electron chi connectivity index (χ1n) is 10.1. The van der Waals surface area contributed by atoms with Crippen LogP contribution in [0.4, 0.5) is 0 Å². The van der Waals surface area contributed by atoms with Crippen molar-refractivity contribution in [3.05, 3.63) is 6.42 Å². The minimum absolute atomic E-state index is 0.543. The topological polar surface area (TPSA) is 0 Å². The van der Waals surface area contributed by atoms with Crippen molar-refractivity contribution in [2.45, 2.75) is 92.4 Å². The molecule has 3 fully saturated rings. The maximum atomic E-state index is 3.52. The van der Waals surface area contributed by atoms with E-state index in [0.717, 1.165) is 29.6 Å². The Balaban J connectivity index is 1.81. The first-order chi connectivity index (χ1) is 10.4. The van der Waals surface area contributed by atoms with Crippen molar-refractivity contribution in [3.8, 4) is 0 Å². The third-order valence-corrected chi connectivity index (χ3v) is 8.32. The van der Waals surface area contributed by atoms with E-state index in [1.54, 1.807) is 0 Å². The Labute approximate surface area is 139 Å². The number of hydrogen-bond donors (Lipinski definition) is 0. The Bertz CT molecular complexity index is 379. The number of fused-ring (bicyclic) bond motifs is 3. The molecular weight excluding hydrogens is 264 g/mol. The second-order valence-corrected chi connectivity index (χ2v) is 9.86. The van der Waals surface area contributed by atoms with E-state index in [-0.39, 0.29) is 0 Å². The molecule has 3 unspecified atom stereocenters. The van der Waals surface area contributed by atoms with Gasteiger partial charge in [-0.2, -0.15) is 0 Å². The summed E-state index contributed by atoms with van der Waals surface area (Å²) in [6, 6.07) is 0. The highest BCUT2D eigenvalue weighted by Gasteiger charge is 2.56. The van der Waals surface area contributed by atoms with Gasteiger partial charge >= 0.3 is 0 Å². The standard InChI is InChI=1S/C22H38/c1-6-12-21(4)13-7-14-22(5)19-10-8-17(16(2)3)15-18(19)9-11-20(21)22/h16-20H,7-15H2,1-5H3/t17?,18?,19-,20?,21+,22-/m1/s1. The van der Waals surface area contributed by atoms with E-state index >= 15 is 0 Å². The summed E-state index contributed by atoms with van der Waals surface area (Å²) in [5.74, 6) is 4.93. The maximum absolute atomic E-state index is 3.52. The van der Waals surface area contributed by atoms with Crippen molar-refractivity contribution in [2.24, 2.45) is 40.4 Å². The second kappa shape index (κ2) is 6.14. The first kappa shape index (κ1) is 16.8. The molecule has 0 aliphatic heterocycles. The Morgan fingerprint density at radius 2 is 1.82 bits per heavy atom. The summed E-state index contributed by atoms with van der Waals surface area (Å²) in [5, 5.41) is 0.